The third kappa shape index (κ3) is 6.77. The fourth-order valence-corrected chi connectivity index (χ4v) is 4.47. The van der Waals surface area contributed by atoms with Crippen molar-refractivity contribution in [1.29, 1.82) is 0 Å². The first-order valence-corrected chi connectivity index (χ1v) is 11.2. The van der Waals surface area contributed by atoms with Crippen LogP contribution < -0.4 is 0 Å². The van der Waals surface area contributed by atoms with Gasteiger partial charge in [0.2, 0.25) is 0 Å². The van der Waals surface area contributed by atoms with Gasteiger partial charge >= 0.3 is 5.97 Å². The van der Waals surface area contributed by atoms with Crippen LogP contribution in [0, 0.1) is 12.8 Å². The third-order valence-corrected chi connectivity index (χ3v) is 6.04. The molecule has 0 N–H and O–H groups in total. The maximum absolute atomic E-state index is 15.6. The molecule has 0 saturated heterocycles. The number of benzene rings is 2. The van der Waals surface area contributed by atoms with Crippen molar-refractivity contribution in [1.82, 2.24) is 0 Å². The molecule has 0 saturated carbocycles. The van der Waals surface area contributed by atoms with Crippen LogP contribution in [0.15, 0.2) is 58.3 Å². The smallest absolute Gasteiger partial charge is 0.306 e. The minimum Gasteiger partial charge on any atom is -0.460 e. The van der Waals surface area contributed by atoms with E-state index in [0.717, 1.165) is 12.0 Å². The Morgan fingerprint density at radius 3 is 2.31 bits per heavy atom. The van der Waals surface area contributed by atoms with Crippen molar-refractivity contribution in [2.75, 3.05) is 0 Å². The van der Waals surface area contributed by atoms with E-state index < -0.39 is 34.5 Å². The molecule has 0 aliphatic carbocycles. The fraction of sp³-hybridized carbons (Fsp3) is 0.458. The molecule has 2 rings (SSSR count). The predicted octanol–water partition coefficient (Wildman–Crippen LogP) is 6.32. The van der Waals surface area contributed by atoms with Crippen LogP contribution in [-0.2, 0) is 20.3 Å². The van der Waals surface area contributed by atoms with Crippen molar-refractivity contribution in [3.05, 3.63) is 59.7 Å². The van der Waals surface area contributed by atoms with Crippen molar-refractivity contribution < 1.29 is 18.1 Å². The molecule has 2 aromatic rings. The minimum absolute atomic E-state index is 0.00220. The molecular formula is C24H31FO3S. The maximum Gasteiger partial charge on any atom is 0.306 e. The molecule has 0 heterocycles. The zero-order valence-corrected chi connectivity index (χ0v) is 18.7. The van der Waals surface area contributed by atoms with Crippen LogP contribution in [0.1, 0.15) is 64.3 Å². The molecule has 2 aromatic carbocycles. The standard InChI is InChI=1S/C24H31FO3S/c1-6-9-18(16-22(26)28-24(3,4)5)23(25)20-10-7-8-11-21(20)29(27)19-14-12-17(2)13-15-19/h7-8,10-15,18,23H,6,9,16H2,1-5H3/t18-,23+,29-/m0/s1. The van der Waals surface area contributed by atoms with E-state index in [-0.39, 0.29) is 6.42 Å². The minimum atomic E-state index is -1.49. The molecule has 3 atom stereocenters. The quantitative estimate of drug-likeness (QED) is 0.471. The zero-order valence-electron chi connectivity index (χ0n) is 17.9. The van der Waals surface area contributed by atoms with Gasteiger partial charge in [-0.2, -0.15) is 0 Å². The third-order valence-electron chi connectivity index (χ3n) is 4.57. The highest BCUT2D eigenvalue weighted by Gasteiger charge is 2.30. The van der Waals surface area contributed by atoms with Crippen LogP contribution in [0.2, 0.25) is 0 Å². The fourth-order valence-electron chi connectivity index (χ4n) is 3.24. The summed E-state index contributed by atoms with van der Waals surface area (Å²) in [6.45, 7) is 9.32. The molecule has 5 heteroatoms. The van der Waals surface area contributed by atoms with Crippen molar-refractivity contribution in [3.8, 4) is 0 Å². The van der Waals surface area contributed by atoms with E-state index in [1.54, 1.807) is 57.2 Å². The summed E-state index contributed by atoms with van der Waals surface area (Å²) in [4.78, 5) is 13.4. The Labute approximate surface area is 176 Å². The molecule has 0 aliphatic heterocycles. The predicted molar refractivity (Wildman–Crippen MR) is 115 cm³/mol. The van der Waals surface area contributed by atoms with Gasteiger partial charge in [-0.3, -0.25) is 4.79 Å². The number of ether oxygens (including phenoxy) is 1. The molecule has 158 valence electrons. The van der Waals surface area contributed by atoms with E-state index in [2.05, 4.69) is 0 Å². The van der Waals surface area contributed by atoms with Gasteiger partial charge in [0.1, 0.15) is 11.8 Å². The van der Waals surface area contributed by atoms with Gasteiger partial charge in [0.15, 0.2) is 0 Å². The molecule has 0 aliphatic rings. The second-order valence-corrected chi connectivity index (χ2v) is 9.81. The summed E-state index contributed by atoms with van der Waals surface area (Å²) < 4.78 is 34.2. The van der Waals surface area contributed by atoms with E-state index in [4.69, 9.17) is 4.74 Å². The van der Waals surface area contributed by atoms with Crippen LogP contribution in [0.5, 0.6) is 0 Å². The second-order valence-electron chi connectivity index (χ2n) is 8.36. The number of aryl methyl sites for hydroxylation is 1. The first-order chi connectivity index (χ1) is 13.6. The molecule has 0 aromatic heterocycles. The number of esters is 1. The molecule has 0 radical (unpaired) electrons. The van der Waals surface area contributed by atoms with E-state index in [1.807, 2.05) is 26.0 Å². The van der Waals surface area contributed by atoms with Gasteiger partial charge in [-0.15, -0.1) is 0 Å². The van der Waals surface area contributed by atoms with Crippen LogP contribution in [-0.4, -0.2) is 15.8 Å². The highest BCUT2D eigenvalue weighted by molar-refractivity contribution is 7.85. The number of rotatable bonds is 8. The number of hydrogen-bond donors (Lipinski definition) is 0. The van der Waals surface area contributed by atoms with Gasteiger partial charge < -0.3 is 4.74 Å². The second kappa shape index (κ2) is 10.1. The number of carbonyl (C=O) groups is 1. The maximum atomic E-state index is 15.6. The highest BCUT2D eigenvalue weighted by Crippen LogP contribution is 2.36. The summed E-state index contributed by atoms with van der Waals surface area (Å²) in [7, 11) is -1.49. The molecule has 29 heavy (non-hydrogen) atoms. The van der Waals surface area contributed by atoms with Crippen LogP contribution in [0.3, 0.4) is 0 Å². The lowest BCUT2D eigenvalue weighted by molar-refractivity contribution is -0.156. The SMILES string of the molecule is CCC[C@@H](CC(=O)OC(C)(C)C)[C@@H](F)c1ccccc1[S@@](=O)c1ccc(C)cc1. The summed E-state index contributed by atoms with van der Waals surface area (Å²) in [5, 5.41) is 0. The highest BCUT2D eigenvalue weighted by atomic mass is 32.2. The number of halogens is 1. The van der Waals surface area contributed by atoms with Gasteiger partial charge in [0, 0.05) is 21.3 Å². The van der Waals surface area contributed by atoms with Crippen LogP contribution in [0.25, 0.3) is 0 Å². The lowest BCUT2D eigenvalue weighted by Gasteiger charge is -2.25. The Bertz CT molecular complexity index is 840. The molecule has 3 nitrogen and oxygen atoms in total. The first kappa shape index (κ1) is 23.3. The molecular weight excluding hydrogens is 387 g/mol. The zero-order chi connectivity index (χ0) is 21.6. The van der Waals surface area contributed by atoms with Crippen molar-refractivity contribution in [2.24, 2.45) is 5.92 Å². The van der Waals surface area contributed by atoms with E-state index in [1.165, 1.54) is 0 Å². The normalized spacial score (nSPS) is 14.8. The lowest BCUT2D eigenvalue weighted by Crippen LogP contribution is -2.26. The molecule has 0 spiro atoms. The van der Waals surface area contributed by atoms with Crippen molar-refractivity contribution in [3.63, 3.8) is 0 Å². The van der Waals surface area contributed by atoms with Crippen molar-refractivity contribution >= 4 is 16.8 Å². The first-order valence-electron chi connectivity index (χ1n) is 10.1. The Balaban J connectivity index is 2.30. The van der Waals surface area contributed by atoms with Gasteiger partial charge in [-0.1, -0.05) is 49.2 Å². The summed E-state index contributed by atoms with van der Waals surface area (Å²) in [6, 6.07) is 14.3. The molecule has 0 amide bonds. The summed E-state index contributed by atoms with van der Waals surface area (Å²) in [5.74, 6) is -0.929. The summed E-state index contributed by atoms with van der Waals surface area (Å²) >= 11 is 0. The largest absolute Gasteiger partial charge is 0.460 e. The van der Waals surface area contributed by atoms with E-state index >= 15 is 4.39 Å². The van der Waals surface area contributed by atoms with Gasteiger partial charge in [-0.05, 0) is 52.3 Å². The summed E-state index contributed by atoms with van der Waals surface area (Å²) in [5.41, 5.74) is 0.848. The number of hydrogen-bond acceptors (Lipinski definition) is 3. The van der Waals surface area contributed by atoms with E-state index in [0.29, 0.717) is 21.8 Å². The van der Waals surface area contributed by atoms with Crippen molar-refractivity contribution in [2.45, 2.75) is 75.4 Å². The van der Waals surface area contributed by atoms with Gasteiger partial charge in [-0.25, -0.2) is 8.60 Å². The van der Waals surface area contributed by atoms with E-state index in [9.17, 15) is 9.00 Å². The van der Waals surface area contributed by atoms with Gasteiger partial charge in [0.05, 0.1) is 17.2 Å². The van der Waals surface area contributed by atoms with Crippen LogP contribution in [0.4, 0.5) is 4.39 Å². The number of carbonyl (C=O) groups excluding carboxylic acids is 1. The van der Waals surface area contributed by atoms with Gasteiger partial charge in [0.25, 0.3) is 0 Å². The Morgan fingerprint density at radius 2 is 1.72 bits per heavy atom. The Hall–Kier alpha value is -2.01. The Morgan fingerprint density at radius 1 is 1.10 bits per heavy atom. The average molecular weight is 419 g/mol. The average Bonchev–Trinajstić information content (AvgIpc) is 2.65. The molecule has 0 fully saturated rings. The summed E-state index contributed by atoms with van der Waals surface area (Å²) in [6.07, 6.45) is -0.103. The monoisotopic (exact) mass is 418 g/mol. The molecule has 0 bridgehead atoms. The molecule has 0 unspecified atom stereocenters. The lowest BCUT2D eigenvalue weighted by atomic mass is 9.90. The Kier molecular flexibility index (Phi) is 8.14. The van der Waals surface area contributed by atoms with Crippen LogP contribution >= 0.6 is 0 Å². The topological polar surface area (TPSA) is 43.4 Å². The number of alkyl halides is 1.